The molecule has 0 aliphatic heterocycles. The largest absolute Gasteiger partial charge is 0.506 e. The first-order valence-corrected chi connectivity index (χ1v) is 5.59. The number of nitro benzene ring substituents is 1. The first-order chi connectivity index (χ1) is 9.51. The van der Waals surface area contributed by atoms with Crippen molar-refractivity contribution < 1.29 is 19.2 Å². The highest BCUT2D eigenvalue weighted by Crippen LogP contribution is 2.28. The molecule has 0 atom stereocenters. The third kappa shape index (κ3) is 2.75. The SMILES string of the molecule is NCc1ccc(C(=O)Nc2cc([N+](=O)[O-])ccc2O)o1. The van der Waals surface area contributed by atoms with Gasteiger partial charge in [-0.05, 0) is 18.2 Å². The summed E-state index contributed by atoms with van der Waals surface area (Å²) in [7, 11) is 0. The normalized spacial score (nSPS) is 10.2. The average Bonchev–Trinajstić information content (AvgIpc) is 2.89. The number of carbonyl (C=O) groups excluding carboxylic acids is 1. The Morgan fingerprint density at radius 1 is 1.40 bits per heavy atom. The molecule has 0 bridgehead atoms. The zero-order valence-electron chi connectivity index (χ0n) is 10.2. The molecule has 0 radical (unpaired) electrons. The maximum absolute atomic E-state index is 11.9. The van der Waals surface area contributed by atoms with Crippen LogP contribution in [0.1, 0.15) is 16.3 Å². The van der Waals surface area contributed by atoms with Crippen LogP contribution in [0.3, 0.4) is 0 Å². The van der Waals surface area contributed by atoms with Crippen molar-refractivity contribution in [3.8, 4) is 5.75 Å². The fourth-order valence-electron chi connectivity index (χ4n) is 1.53. The van der Waals surface area contributed by atoms with Gasteiger partial charge in [0.25, 0.3) is 11.6 Å². The molecule has 0 aliphatic rings. The highest BCUT2D eigenvalue weighted by molar-refractivity contribution is 6.03. The molecule has 0 spiro atoms. The third-order valence-electron chi connectivity index (χ3n) is 2.53. The van der Waals surface area contributed by atoms with Gasteiger partial charge in [0, 0.05) is 12.1 Å². The van der Waals surface area contributed by atoms with Gasteiger partial charge in [0.1, 0.15) is 11.5 Å². The number of phenols is 1. The minimum atomic E-state index is -0.638. The van der Waals surface area contributed by atoms with Crippen LogP contribution in [-0.4, -0.2) is 15.9 Å². The smallest absolute Gasteiger partial charge is 0.291 e. The van der Waals surface area contributed by atoms with Crippen LogP contribution in [0.15, 0.2) is 34.7 Å². The number of aromatic hydroxyl groups is 1. The van der Waals surface area contributed by atoms with Gasteiger partial charge in [0.15, 0.2) is 5.76 Å². The predicted octanol–water partition coefficient (Wildman–Crippen LogP) is 1.60. The number of benzene rings is 1. The number of carbonyl (C=O) groups is 1. The Kier molecular flexibility index (Phi) is 3.67. The molecule has 0 fully saturated rings. The molecule has 104 valence electrons. The highest BCUT2D eigenvalue weighted by atomic mass is 16.6. The second-order valence-electron chi connectivity index (χ2n) is 3.88. The summed E-state index contributed by atoms with van der Waals surface area (Å²) < 4.78 is 5.13. The topological polar surface area (TPSA) is 132 Å². The number of hydrogen-bond acceptors (Lipinski definition) is 6. The van der Waals surface area contributed by atoms with Crippen LogP contribution >= 0.6 is 0 Å². The first-order valence-electron chi connectivity index (χ1n) is 5.59. The number of nitrogens with one attached hydrogen (secondary N) is 1. The lowest BCUT2D eigenvalue weighted by molar-refractivity contribution is -0.384. The number of amides is 1. The molecular weight excluding hydrogens is 266 g/mol. The van der Waals surface area contributed by atoms with E-state index in [-0.39, 0.29) is 29.4 Å². The minimum Gasteiger partial charge on any atom is -0.506 e. The van der Waals surface area contributed by atoms with E-state index in [2.05, 4.69) is 5.32 Å². The van der Waals surface area contributed by atoms with Crippen molar-refractivity contribution in [2.45, 2.75) is 6.54 Å². The molecule has 1 amide bonds. The second kappa shape index (κ2) is 5.41. The lowest BCUT2D eigenvalue weighted by atomic mass is 10.2. The van der Waals surface area contributed by atoms with Gasteiger partial charge in [-0.25, -0.2) is 0 Å². The number of furan rings is 1. The van der Waals surface area contributed by atoms with Crippen LogP contribution in [0.5, 0.6) is 5.75 Å². The zero-order chi connectivity index (χ0) is 14.7. The van der Waals surface area contributed by atoms with Crippen molar-refractivity contribution in [1.29, 1.82) is 0 Å². The Bertz CT molecular complexity index is 665. The zero-order valence-corrected chi connectivity index (χ0v) is 10.2. The fourth-order valence-corrected chi connectivity index (χ4v) is 1.53. The molecule has 8 nitrogen and oxygen atoms in total. The van der Waals surface area contributed by atoms with E-state index in [1.54, 1.807) is 6.07 Å². The van der Waals surface area contributed by atoms with Gasteiger partial charge in [-0.3, -0.25) is 14.9 Å². The molecule has 1 aromatic carbocycles. The molecule has 1 heterocycles. The van der Waals surface area contributed by atoms with E-state index in [0.717, 1.165) is 18.2 Å². The Morgan fingerprint density at radius 2 is 2.15 bits per heavy atom. The van der Waals surface area contributed by atoms with Crippen LogP contribution in [0.2, 0.25) is 0 Å². The molecular formula is C12H11N3O5. The van der Waals surface area contributed by atoms with E-state index < -0.39 is 10.8 Å². The summed E-state index contributed by atoms with van der Waals surface area (Å²) in [6.07, 6.45) is 0. The quantitative estimate of drug-likeness (QED) is 0.442. The maximum Gasteiger partial charge on any atom is 0.291 e. The van der Waals surface area contributed by atoms with E-state index in [1.165, 1.54) is 6.07 Å². The Labute approximate surface area is 113 Å². The van der Waals surface area contributed by atoms with Crippen LogP contribution in [-0.2, 0) is 6.54 Å². The van der Waals surface area contributed by atoms with Crippen molar-refractivity contribution in [3.05, 3.63) is 52.0 Å². The summed E-state index contributed by atoms with van der Waals surface area (Å²) in [5, 5.41) is 22.5. The highest BCUT2D eigenvalue weighted by Gasteiger charge is 2.16. The molecule has 0 unspecified atom stereocenters. The Morgan fingerprint density at radius 3 is 2.75 bits per heavy atom. The van der Waals surface area contributed by atoms with Crippen LogP contribution in [0.4, 0.5) is 11.4 Å². The third-order valence-corrected chi connectivity index (χ3v) is 2.53. The number of nitrogens with two attached hydrogens (primary N) is 1. The second-order valence-corrected chi connectivity index (χ2v) is 3.88. The molecule has 1 aromatic heterocycles. The molecule has 8 heteroatoms. The number of nitrogens with zero attached hydrogens (tertiary/aromatic N) is 1. The monoisotopic (exact) mass is 277 g/mol. The summed E-state index contributed by atoms with van der Waals surface area (Å²) in [6.45, 7) is 0.148. The fraction of sp³-hybridized carbons (Fsp3) is 0.0833. The van der Waals surface area contributed by atoms with Gasteiger partial charge < -0.3 is 20.6 Å². The van der Waals surface area contributed by atoms with E-state index in [4.69, 9.17) is 10.2 Å². The Hall–Kier alpha value is -2.87. The van der Waals surface area contributed by atoms with E-state index in [9.17, 15) is 20.0 Å². The molecule has 20 heavy (non-hydrogen) atoms. The average molecular weight is 277 g/mol. The van der Waals surface area contributed by atoms with Gasteiger partial charge in [-0.1, -0.05) is 0 Å². The molecule has 2 rings (SSSR count). The lowest BCUT2D eigenvalue weighted by Gasteiger charge is -2.05. The van der Waals surface area contributed by atoms with Gasteiger partial charge in [-0.15, -0.1) is 0 Å². The van der Waals surface area contributed by atoms with Crippen LogP contribution < -0.4 is 11.1 Å². The maximum atomic E-state index is 11.9. The summed E-state index contributed by atoms with van der Waals surface area (Å²) in [6, 6.07) is 6.28. The van der Waals surface area contributed by atoms with Crippen molar-refractivity contribution in [3.63, 3.8) is 0 Å². The first kappa shape index (κ1) is 13.6. The molecule has 2 aromatic rings. The van der Waals surface area contributed by atoms with Crippen LogP contribution in [0, 0.1) is 10.1 Å². The van der Waals surface area contributed by atoms with Crippen molar-refractivity contribution in [2.24, 2.45) is 5.73 Å². The lowest BCUT2D eigenvalue weighted by Crippen LogP contribution is -2.11. The summed E-state index contributed by atoms with van der Waals surface area (Å²) in [5.74, 6) is -0.496. The molecule has 4 N–H and O–H groups in total. The van der Waals surface area contributed by atoms with Crippen molar-refractivity contribution >= 4 is 17.3 Å². The minimum absolute atomic E-state index is 0.00337. The van der Waals surface area contributed by atoms with E-state index >= 15 is 0 Å². The summed E-state index contributed by atoms with van der Waals surface area (Å²) >= 11 is 0. The van der Waals surface area contributed by atoms with Crippen molar-refractivity contribution in [2.75, 3.05) is 5.32 Å². The molecule has 0 saturated carbocycles. The van der Waals surface area contributed by atoms with Gasteiger partial charge in [0.05, 0.1) is 17.2 Å². The van der Waals surface area contributed by atoms with Gasteiger partial charge in [0.2, 0.25) is 0 Å². The van der Waals surface area contributed by atoms with Crippen molar-refractivity contribution in [1.82, 2.24) is 0 Å². The Balaban J connectivity index is 2.22. The molecule has 0 saturated heterocycles. The predicted molar refractivity (Wildman–Crippen MR) is 69.3 cm³/mol. The molecule has 0 aliphatic carbocycles. The number of non-ortho nitro benzene ring substituents is 1. The van der Waals surface area contributed by atoms with Gasteiger partial charge >= 0.3 is 0 Å². The van der Waals surface area contributed by atoms with E-state index in [0.29, 0.717) is 5.76 Å². The standard InChI is InChI=1S/C12H11N3O5/c13-6-8-2-4-11(20-8)12(17)14-9-5-7(15(18)19)1-3-10(9)16/h1-5,16H,6,13H2,(H,14,17). The number of hydrogen-bond donors (Lipinski definition) is 3. The number of anilines is 1. The summed E-state index contributed by atoms with van der Waals surface area (Å²) in [4.78, 5) is 21.9. The van der Waals surface area contributed by atoms with Gasteiger partial charge in [-0.2, -0.15) is 0 Å². The number of phenolic OH excluding ortho intramolecular Hbond substituents is 1. The van der Waals surface area contributed by atoms with E-state index in [1.807, 2.05) is 0 Å². The number of nitro groups is 1. The number of rotatable bonds is 4. The summed E-state index contributed by atoms with van der Waals surface area (Å²) in [5.41, 5.74) is 5.03. The van der Waals surface area contributed by atoms with Crippen LogP contribution in [0.25, 0.3) is 0 Å².